The van der Waals surface area contributed by atoms with Crippen molar-refractivity contribution in [1.82, 2.24) is 0 Å². The number of carboxylic acids is 1. The second-order valence-electron chi connectivity index (χ2n) is 8.24. The molecule has 1 N–H and O–H groups in total. The predicted octanol–water partition coefficient (Wildman–Crippen LogP) is 1.02. The summed E-state index contributed by atoms with van der Waals surface area (Å²) in [5.74, 6) is -0.881. The van der Waals surface area contributed by atoms with Crippen molar-refractivity contribution in [3.63, 3.8) is 0 Å². The molecular formula is C27H46O14S. The molecule has 1 aromatic rings. The Kier molecular flexibility index (Phi) is 25.5. The lowest BCUT2D eigenvalue weighted by Gasteiger charge is -2.09. The number of hydrogen-bond donors (Lipinski definition) is 1. The summed E-state index contributed by atoms with van der Waals surface area (Å²) in [6.45, 7) is 7.10. The lowest BCUT2D eigenvalue weighted by atomic mass is 10.4. The molecule has 0 heterocycles. The zero-order valence-corrected chi connectivity index (χ0v) is 25.0. The van der Waals surface area contributed by atoms with Gasteiger partial charge in [-0.25, -0.2) is 0 Å². The molecule has 1 rings (SSSR count). The Morgan fingerprint density at radius 1 is 0.476 bits per heavy atom. The first-order valence-corrected chi connectivity index (χ1v) is 15.3. The molecule has 0 aromatic heterocycles. The molecule has 0 aliphatic carbocycles. The number of aliphatic carboxylic acids is 1. The van der Waals surface area contributed by atoms with Gasteiger partial charge in [0.1, 0.15) is 0 Å². The summed E-state index contributed by atoms with van der Waals surface area (Å²) in [6, 6.07) is 7.95. The minimum Gasteiger partial charge on any atom is -0.481 e. The van der Waals surface area contributed by atoms with Crippen molar-refractivity contribution in [2.75, 3.05) is 126 Å². The van der Waals surface area contributed by atoms with Gasteiger partial charge in [0.05, 0.1) is 137 Å². The monoisotopic (exact) mass is 626 g/mol. The van der Waals surface area contributed by atoms with Crippen LogP contribution in [0.15, 0.2) is 35.2 Å². The van der Waals surface area contributed by atoms with Gasteiger partial charge in [0, 0.05) is 0 Å². The standard InChI is InChI=1S/C27H46O14S/c28-27(29)6-7-32-8-9-33-10-11-34-12-13-35-14-15-36-16-17-37-18-19-38-20-21-39-22-23-40-24-25-41-42(30,31)26-4-2-1-3-5-26/h1-5H,6-25H2,(H,28,29). The van der Waals surface area contributed by atoms with Crippen LogP contribution in [0.5, 0.6) is 0 Å². The normalized spacial score (nSPS) is 11.7. The number of rotatable bonds is 32. The summed E-state index contributed by atoms with van der Waals surface area (Å²) >= 11 is 0. The third-order valence-corrected chi connectivity index (χ3v) is 6.26. The minimum absolute atomic E-state index is 0.00966. The summed E-state index contributed by atoms with van der Waals surface area (Å²) in [7, 11) is -3.76. The van der Waals surface area contributed by atoms with Crippen molar-refractivity contribution in [3.05, 3.63) is 30.3 Å². The molecule has 0 atom stereocenters. The van der Waals surface area contributed by atoms with Crippen LogP contribution in [0.1, 0.15) is 6.42 Å². The van der Waals surface area contributed by atoms with E-state index in [9.17, 15) is 13.2 Å². The molecular weight excluding hydrogens is 580 g/mol. The van der Waals surface area contributed by atoms with E-state index in [0.29, 0.717) is 106 Å². The Hall–Kier alpha value is -1.76. The van der Waals surface area contributed by atoms with Crippen molar-refractivity contribution >= 4 is 16.1 Å². The zero-order chi connectivity index (χ0) is 30.4. The van der Waals surface area contributed by atoms with Gasteiger partial charge in [-0.1, -0.05) is 18.2 Å². The third-order valence-electron chi connectivity index (χ3n) is 4.93. The average molecular weight is 627 g/mol. The molecule has 1 aromatic carbocycles. The van der Waals surface area contributed by atoms with Gasteiger partial charge in [-0.05, 0) is 12.1 Å². The van der Waals surface area contributed by atoms with E-state index < -0.39 is 16.1 Å². The van der Waals surface area contributed by atoms with Gasteiger partial charge in [-0.3, -0.25) is 8.98 Å². The highest BCUT2D eigenvalue weighted by atomic mass is 32.2. The minimum atomic E-state index is -3.76. The van der Waals surface area contributed by atoms with Gasteiger partial charge < -0.3 is 47.7 Å². The number of carboxylic acid groups (broad SMARTS) is 1. The second kappa shape index (κ2) is 28.0. The molecule has 0 fully saturated rings. The van der Waals surface area contributed by atoms with Gasteiger partial charge >= 0.3 is 5.97 Å². The smallest absolute Gasteiger partial charge is 0.305 e. The molecule has 0 unspecified atom stereocenters. The van der Waals surface area contributed by atoms with Crippen molar-refractivity contribution in [2.24, 2.45) is 0 Å². The second-order valence-corrected chi connectivity index (χ2v) is 9.86. The molecule has 0 amide bonds. The van der Waals surface area contributed by atoms with Crippen LogP contribution < -0.4 is 0 Å². The summed E-state index contributed by atoms with van der Waals surface area (Å²) in [5, 5.41) is 8.47. The van der Waals surface area contributed by atoms with E-state index in [-0.39, 0.29) is 31.1 Å². The van der Waals surface area contributed by atoms with E-state index in [0.717, 1.165) is 0 Å². The number of hydrogen-bond acceptors (Lipinski definition) is 13. The summed E-state index contributed by atoms with van der Waals surface area (Å²) in [6.07, 6.45) is -0.00966. The van der Waals surface area contributed by atoms with Crippen LogP contribution in [0.3, 0.4) is 0 Å². The molecule has 0 radical (unpaired) electrons. The van der Waals surface area contributed by atoms with Crippen molar-refractivity contribution in [1.29, 1.82) is 0 Å². The highest BCUT2D eigenvalue weighted by Gasteiger charge is 2.13. The maximum atomic E-state index is 11.9. The molecule has 0 saturated carbocycles. The van der Waals surface area contributed by atoms with Crippen LogP contribution in [0.4, 0.5) is 0 Å². The third kappa shape index (κ3) is 24.8. The van der Waals surface area contributed by atoms with E-state index in [1.54, 1.807) is 18.2 Å². The van der Waals surface area contributed by atoms with Crippen molar-refractivity contribution in [3.8, 4) is 0 Å². The molecule has 14 nitrogen and oxygen atoms in total. The van der Waals surface area contributed by atoms with Gasteiger partial charge in [0.15, 0.2) is 0 Å². The Balaban J connectivity index is 1.68. The van der Waals surface area contributed by atoms with Gasteiger partial charge in [-0.2, -0.15) is 8.42 Å². The quantitative estimate of drug-likeness (QED) is 0.0890. The topological polar surface area (TPSA) is 164 Å². The maximum absolute atomic E-state index is 11.9. The van der Waals surface area contributed by atoms with E-state index >= 15 is 0 Å². The van der Waals surface area contributed by atoms with Crippen LogP contribution in [0, 0.1) is 0 Å². The largest absolute Gasteiger partial charge is 0.481 e. The fourth-order valence-corrected chi connectivity index (χ4v) is 3.79. The summed E-state index contributed by atoms with van der Waals surface area (Å²) in [5.41, 5.74) is 0. The zero-order valence-electron chi connectivity index (χ0n) is 24.2. The van der Waals surface area contributed by atoms with Crippen molar-refractivity contribution < 1.29 is 65.1 Å². The predicted molar refractivity (Wildman–Crippen MR) is 149 cm³/mol. The fraction of sp³-hybridized carbons (Fsp3) is 0.741. The Bertz CT molecular complexity index is 840. The number of benzene rings is 1. The van der Waals surface area contributed by atoms with Crippen LogP contribution in [-0.2, 0) is 61.7 Å². The van der Waals surface area contributed by atoms with E-state index in [2.05, 4.69) is 0 Å². The lowest BCUT2D eigenvalue weighted by Crippen LogP contribution is -2.15. The van der Waals surface area contributed by atoms with E-state index in [1.165, 1.54) is 12.1 Å². The first kappa shape index (κ1) is 38.3. The number of carbonyl (C=O) groups is 1. The molecule has 0 aliphatic heterocycles. The van der Waals surface area contributed by atoms with Gasteiger partial charge in [0.2, 0.25) is 0 Å². The first-order valence-electron chi connectivity index (χ1n) is 13.9. The van der Waals surface area contributed by atoms with Crippen LogP contribution in [0.2, 0.25) is 0 Å². The van der Waals surface area contributed by atoms with Gasteiger partial charge in [0.25, 0.3) is 10.1 Å². The molecule has 0 saturated heterocycles. The summed E-state index contributed by atoms with van der Waals surface area (Å²) in [4.78, 5) is 10.4. The number of ether oxygens (including phenoxy) is 9. The Labute approximate surface area is 248 Å². The van der Waals surface area contributed by atoms with E-state index in [1.807, 2.05) is 0 Å². The average Bonchev–Trinajstić information content (AvgIpc) is 2.98. The van der Waals surface area contributed by atoms with Crippen LogP contribution in [-0.4, -0.2) is 145 Å². The highest BCUT2D eigenvalue weighted by Crippen LogP contribution is 2.10. The fourth-order valence-electron chi connectivity index (χ4n) is 2.88. The molecule has 42 heavy (non-hydrogen) atoms. The lowest BCUT2D eigenvalue weighted by molar-refractivity contribution is -0.138. The molecule has 0 spiro atoms. The SMILES string of the molecule is O=C(O)CCOCCOCCOCCOCCOCCOCCOCCOCCOCCOS(=O)(=O)c1ccccc1. The van der Waals surface area contributed by atoms with E-state index in [4.69, 9.17) is 51.9 Å². The molecule has 0 aliphatic rings. The van der Waals surface area contributed by atoms with Gasteiger partial charge in [-0.15, -0.1) is 0 Å². The maximum Gasteiger partial charge on any atom is 0.305 e. The first-order chi connectivity index (χ1) is 20.5. The molecule has 15 heteroatoms. The van der Waals surface area contributed by atoms with Crippen LogP contribution >= 0.6 is 0 Å². The Morgan fingerprint density at radius 3 is 1.07 bits per heavy atom. The highest BCUT2D eigenvalue weighted by molar-refractivity contribution is 7.86. The van der Waals surface area contributed by atoms with Crippen molar-refractivity contribution in [2.45, 2.75) is 11.3 Å². The summed E-state index contributed by atoms with van der Waals surface area (Å²) < 4.78 is 76.9. The Morgan fingerprint density at radius 2 is 0.762 bits per heavy atom. The molecule has 0 bridgehead atoms. The molecule has 244 valence electrons. The van der Waals surface area contributed by atoms with Crippen LogP contribution in [0.25, 0.3) is 0 Å².